The molecule has 2 aliphatic rings. The molecule has 0 saturated carbocycles. The van der Waals surface area contributed by atoms with Gasteiger partial charge < -0.3 is 0 Å². The van der Waals surface area contributed by atoms with Crippen LogP contribution in [-0.4, -0.2) is 25.8 Å². The molecule has 3 nitrogen and oxygen atoms in total. The summed E-state index contributed by atoms with van der Waals surface area (Å²) in [6.45, 7) is 5.38. The second kappa shape index (κ2) is 6.67. The van der Waals surface area contributed by atoms with Gasteiger partial charge in [-0.2, -0.15) is 4.31 Å². The van der Waals surface area contributed by atoms with Crippen LogP contribution in [0, 0.1) is 24.7 Å². The molecule has 0 radical (unpaired) electrons. The number of allylic oxidation sites excluding steroid dienone is 1. The van der Waals surface area contributed by atoms with Gasteiger partial charge in [0.2, 0.25) is 10.0 Å². The second-order valence-electron chi connectivity index (χ2n) is 7.64. The first-order valence-electron chi connectivity index (χ1n) is 9.27. The van der Waals surface area contributed by atoms with Crippen molar-refractivity contribution in [2.24, 2.45) is 17.8 Å². The van der Waals surface area contributed by atoms with Crippen LogP contribution in [0.5, 0.6) is 0 Å². The van der Waals surface area contributed by atoms with Gasteiger partial charge in [-0.3, -0.25) is 0 Å². The number of hydrogen-bond donors (Lipinski definition) is 0. The van der Waals surface area contributed by atoms with E-state index >= 15 is 0 Å². The highest BCUT2D eigenvalue weighted by Crippen LogP contribution is 2.46. The van der Waals surface area contributed by atoms with Crippen LogP contribution in [0.15, 0.2) is 71.6 Å². The molecule has 0 spiro atoms. The van der Waals surface area contributed by atoms with Gasteiger partial charge in [-0.15, -0.1) is 0 Å². The maximum Gasteiger partial charge on any atom is 0.243 e. The minimum atomic E-state index is -3.44. The van der Waals surface area contributed by atoms with Crippen LogP contribution in [0.3, 0.4) is 0 Å². The standard InChI is InChI=1S/C22H25NO2S/c1-16-8-12-20(13-9-16)26(24,25)23-14-19-11-10-17(2)22(21(19)15-23)18-6-4-3-5-7-18/h3-13,17,19,21-22H,14-15H2,1-2H3/t17-,19-,21+,22-/m1/s1. The average molecular weight is 368 g/mol. The number of rotatable bonds is 3. The normalized spacial score (nSPS) is 28.8. The Morgan fingerprint density at radius 2 is 1.62 bits per heavy atom. The van der Waals surface area contributed by atoms with E-state index in [-0.39, 0.29) is 5.92 Å². The zero-order valence-corrected chi connectivity index (χ0v) is 16.1. The summed E-state index contributed by atoms with van der Waals surface area (Å²) in [6, 6.07) is 17.7. The van der Waals surface area contributed by atoms with Crippen LogP contribution in [0.2, 0.25) is 0 Å². The number of aryl methyl sites for hydroxylation is 1. The molecule has 0 aromatic heterocycles. The first-order valence-corrected chi connectivity index (χ1v) is 10.7. The highest BCUT2D eigenvalue weighted by atomic mass is 32.2. The van der Waals surface area contributed by atoms with Crippen molar-refractivity contribution < 1.29 is 8.42 Å². The van der Waals surface area contributed by atoms with E-state index in [2.05, 4.69) is 43.3 Å². The maximum atomic E-state index is 13.1. The number of sulfonamides is 1. The smallest absolute Gasteiger partial charge is 0.207 e. The van der Waals surface area contributed by atoms with Crippen molar-refractivity contribution in [2.45, 2.75) is 24.7 Å². The Kier molecular flexibility index (Phi) is 4.49. The summed E-state index contributed by atoms with van der Waals surface area (Å²) in [7, 11) is -3.44. The van der Waals surface area contributed by atoms with Gasteiger partial charge in [0.1, 0.15) is 0 Å². The third kappa shape index (κ3) is 3.01. The van der Waals surface area contributed by atoms with Crippen LogP contribution < -0.4 is 0 Å². The summed E-state index contributed by atoms with van der Waals surface area (Å²) in [5.41, 5.74) is 2.38. The lowest BCUT2D eigenvalue weighted by Gasteiger charge is -2.34. The fourth-order valence-electron chi connectivity index (χ4n) is 4.51. The van der Waals surface area contributed by atoms with Gasteiger partial charge >= 0.3 is 0 Å². The quantitative estimate of drug-likeness (QED) is 0.762. The van der Waals surface area contributed by atoms with Crippen molar-refractivity contribution in [3.8, 4) is 0 Å². The number of hydrogen-bond acceptors (Lipinski definition) is 2. The SMILES string of the molecule is Cc1ccc(S(=O)(=O)N2C[C@@H]3[C@@H](c4ccccc4)[C@H](C)C=C[C@@H]3C2)cc1. The van der Waals surface area contributed by atoms with E-state index in [0.717, 1.165) is 5.56 Å². The molecular formula is C22H25NO2S. The topological polar surface area (TPSA) is 37.4 Å². The molecular weight excluding hydrogens is 342 g/mol. The molecule has 4 rings (SSSR count). The molecule has 1 heterocycles. The van der Waals surface area contributed by atoms with Crippen LogP contribution in [0.4, 0.5) is 0 Å². The molecule has 4 atom stereocenters. The van der Waals surface area contributed by atoms with Gasteiger partial charge in [-0.25, -0.2) is 8.42 Å². The van der Waals surface area contributed by atoms with Crippen molar-refractivity contribution in [1.82, 2.24) is 4.31 Å². The lowest BCUT2D eigenvalue weighted by Crippen LogP contribution is -2.30. The zero-order chi connectivity index (χ0) is 18.3. The van der Waals surface area contributed by atoms with Crippen LogP contribution in [0.1, 0.15) is 24.0 Å². The van der Waals surface area contributed by atoms with E-state index in [1.165, 1.54) is 5.56 Å². The predicted molar refractivity (Wildman–Crippen MR) is 104 cm³/mol. The molecule has 136 valence electrons. The van der Waals surface area contributed by atoms with Crippen molar-refractivity contribution in [2.75, 3.05) is 13.1 Å². The van der Waals surface area contributed by atoms with Crippen LogP contribution in [-0.2, 0) is 10.0 Å². The van der Waals surface area contributed by atoms with E-state index in [4.69, 9.17) is 0 Å². The van der Waals surface area contributed by atoms with E-state index in [0.29, 0.717) is 35.7 Å². The largest absolute Gasteiger partial charge is 0.243 e. The maximum absolute atomic E-state index is 13.1. The Labute approximate surface area is 156 Å². The Morgan fingerprint density at radius 1 is 0.923 bits per heavy atom. The van der Waals surface area contributed by atoms with Crippen molar-refractivity contribution >= 4 is 10.0 Å². The number of nitrogens with zero attached hydrogens (tertiary/aromatic N) is 1. The zero-order valence-electron chi connectivity index (χ0n) is 15.2. The molecule has 0 amide bonds. The summed E-state index contributed by atoms with van der Waals surface area (Å²) in [5, 5.41) is 0. The Bertz CT molecular complexity index is 903. The summed E-state index contributed by atoms with van der Waals surface area (Å²) in [5.74, 6) is 1.40. The van der Waals surface area contributed by atoms with Crippen LogP contribution in [0.25, 0.3) is 0 Å². The summed E-state index contributed by atoms with van der Waals surface area (Å²) in [6.07, 6.45) is 4.50. The molecule has 4 heteroatoms. The third-order valence-corrected chi connectivity index (χ3v) is 7.76. The Morgan fingerprint density at radius 3 is 2.31 bits per heavy atom. The Hall–Kier alpha value is -1.91. The molecule has 26 heavy (non-hydrogen) atoms. The fraction of sp³-hybridized carbons (Fsp3) is 0.364. The highest BCUT2D eigenvalue weighted by molar-refractivity contribution is 7.89. The molecule has 0 N–H and O–H groups in total. The van der Waals surface area contributed by atoms with Gasteiger partial charge in [0.25, 0.3) is 0 Å². The number of fused-ring (bicyclic) bond motifs is 1. The van der Waals surface area contributed by atoms with E-state index in [1.807, 2.05) is 25.1 Å². The van der Waals surface area contributed by atoms with Gasteiger partial charge in [-0.1, -0.05) is 67.1 Å². The molecule has 0 bridgehead atoms. The Balaban J connectivity index is 1.64. The summed E-state index contributed by atoms with van der Waals surface area (Å²) < 4.78 is 27.9. The molecule has 1 aliphatic carbocycles. The van der Waals surface area contributed by atoms with Crippen molar-refractivity contribution in [3.63, 3.8) is 0 Å². The lowest BCUT2D eigenvalue weighted by atomic mass is 9.69. The van der Waals surface area contributed by atoms with Gasteiger partial charge in [-0.05, 0) is 48.3 Å². The summed E-state index contributed by atoms with van der Waals surface area (Å²) in [4.78, 5) is 0.398. The first-order chi connectivity index (χ1) is 12.5. The molecule has 2 aromatic carbocycles. The molecule has 1 saturated heterocycles. The second-order valence-corrected chi connectivity index (χ2v) is 9.58. The number of benzene rings is 2. The van der Waals surface area contributed by atoms with E-state index in [9.17, 15) is 8.42 Å². The molecule has 1 aliphatic heterocycles. The average Bonchev–Trinajstić information content (AvgIpc) is 3.08. The third-order valence-electron chi connectivity index (χ3n) is 5.91. The van der Waals surface area contributed by atoms with E-state index in [1.54, 1.807) is 16.4 Å². The predicted octanol–water partition coefficient (Wildman–Crippen LogP) is 4.22. The van der Waals surface area contributed by atoms with Gasteiger partial charge in [0, 0.05) is 13.1 Å². The van der Waals surface area contributed by atoms with Gasteiger partial charge in [0.15, 0.2) is 0 Å². The monoisotopic (exact) mass is 367 g/mol. The minimum Gasteiger partial charge on any atom is -0.207 e. The molecule has 1 fully saturated rings. The highest BCUT2D eigenvalue weighted by Gasteiger charge is 2.45. The summed E-state index contributed by atoms with van der Waals surface area (Å²) >= 11 is 0. The molecule has 0 unspecified atom stereocenters. The minimum absolute atomic E-state index is 0.289. The molecule has 2 aromatic rings. The first kappa shape index (κ1) is 17.5. The lowest BCUT2D eigenvalue weighted by molar-refractivity contribution is 0.319. The van der Waals surface area contributed by atoms with E-state index < -0.39 is 10.0 Å². The van der Waals surface area contributed by atoms with Crippen molar-refractivity contribution in [1.29, 1.82) is 0 Å². The fourth-order valence-corrected chi connectivity index (χ4v) is 6.02. The van der Waals surface area contributed by atoms with Crippen LogP contribution >= 0.6 is 0 Å². The van der Waals surface area contributed by atoms with Gasteiger partial charge in [0.05, 0.1) is 4.90 Å². The van der Waals surface area contributed by atoms with Crippen molar-refractivity contribution in [3.05, 3.63) is 77.9 Å².